The van der Waals surface area contributed by atoms with Gasteiger partial charge in [0, 0.05) is 5.56 Å². The summed E-state index contributed by atoms with van der Waals surface area (Å²) in [6, 6.07) is 7.57. The standard InChI is InChI=1S/C12H15NO3/c1-8(2)16-11-6-4-3-5-9(11)10-7-15-12(14)13-10/h3-6,8,10H,7H2,1-2H3,(H,13,14)/t10-/m1/s1. The summed E-state index contributed by atoms with van der Waals surface area (Å²) < 4.78 is 10.6. The number of alkyl carbamates (subject to hydrolysis) is 1. The van der Waals surface area contributed by atoms with Crippen molar-refractivity contribution in [2.45, 2.75) is 26.0 Å². The van der Waals surface area contributed by atoms with Crippen LogP contribution in [-0.2, 0) is 4.74 Å². The second-order valence-electron chi connectivity index (χ2n) is 4.00. The van der Waals surface area contributed by atoms with Crippen LogP contribution < -0.4 is 10.1 Å². The first-order valence-electron chi connectivity index (χ1n) is 5.35. The molecule has 0 saturated carbocycles. The quantitative estimate of drug-likeness (QED) is 0.851. The van der Waals surface area contributed by atoms with Crippen molar-refractivity contribution >= 4 is 6.09 Å². The van der Waals surface area contributed by atoms with Gasteiger partial charge in [-0.05, 0) is 19.9 Å². The molecule has 0 bridgehead atoms. The largest absolute Gasteiger partial charge is 0.491 e. The molecule has 1 heterocycles. The molecule has 1 saturated heterocycles. The van der Waals surface area contributed by atoms with E-state index in [4.69, 9.17) is 9.47 Å². The van der Waals surface area contributed by atoms with Crippen molar-refractivity contribution in [2.75, 3.05) is 6.61 Å². The second kappa shape index (κ2) is 4.43. The summed E-state index contributed by atoms with van der Waals surface area (Å²) >= 11 is 0. The Morgan fingerprint density at radius 2 is 2.19 bits per heavy atom. The maximum Gasteiger partial charge on any atom is 0.407 e. The molecule has 1 atom stereocenters. The summed E-state index contributed by atoms with van der Waals surface area (Å²) in [7, 11) is 0. The predicted molar refractivity (Wildman–Crippen MR) is 59.4 cm³/mol. The van der Waals surface area contributed by atoms with Gasteiger partial charge >= 0.3 is 6.09 Å². The number of ether oxygens (including phenoxy) is 2. The fourth-order valence-electron chi connectivity index (χ4n) is 1.68. The fourth-order valence-corrected chi connectivity index (χ4v) is 1.68. The Bertz CT molecular complexity index is 390. The van der Waals surface area contributed by atoms with Crippen molar-refractivity contribution < 1.29 is 14.3 Å². The molecule has 0 aromatic heterocycles. The van der Waals surface area contributed by atoms with Gasteiger partial charge in [-0.1, -0.05) is 18.2 Å². The molecule has 86 valence electrons. The summed E-state index contributed by atoms with van der Waals surface area (Å²) in [5.41, 5.74) is 0.960. The number of para-hydroxylation sites is 1. The highest BCUT2D eigenvalue weighted by Crippen LogP contribution is 2.28. The van der Waals surface area contributed by atoms with Gasteiger partial charge in [-0.15, -0.1) is 0 Å². The molecule has 2 rings (SSSR count). The predicted octanol–water partition coefficient (Wildman–Crippen LogP) is 2.25. The minimum absolute atomic E-state index is 0.109. The average molecular weight is 221 g/mol. The number of hydrogen-bond acceptors (Lipinski definition) is 3. The van der Waals surface area contributed by atoms with Crippen LogP contribution in [0.3, 0.4) is 0 Å². The molecule has 1 aromatic carbocycles. The van der Waals surface area contributed by atoms with E-state index in [0.29, 0.717) is 6.61 Å². The lowest BCUT2D eigenvalue weighted by atomic mass is 10.1. The number of cyclic esters (lactones) is 1. The normalized spacial score (nSPS) is 19.4. The molecule has 4 heteroatoms. The first-order valence-corrected chi connectivity index (χ1v) is 5.35. The van der Waals surface area contributed by atoms with E-state index in [1.54, 1.807) is 0 Å². The Hall–Kier alpha value is -1.71. The Labute approximate surface area is 94.6 Å². The number of hydrogen-bond donors (Lipinski definition) is 1. The number of nitrogens with one attached hydrogen (secondary N) is 1. The zero-order valence-electron chi connectivity index (χ0n) is 9.40. The van der Waals surface area contributed by atoms with Crippen molar-refractivity contribution in [3.63, 3.8) is 0 Å². The van der Waals surface area contributed by atoms with Crippen molar-refractivity contribution in [3.05, 3.63) is 29.8 Å². The van der Waals surface area contributed by atoms with Crippen LogP contribution in [0.15, 0.2) is 24.3 Å². The van der Waals surface area contributed by atoms with E-state index >= 15 is 0 Å². The Balaban J connectivity index is 2.22. The molecular weight excluding hydrogens is 206 g/mol. The molecule has 1 aromatic rings. The summed E-state index contributed by atoms with van der Waals surface area (Å²) in [6.45, 7) is 4.30. The molecule has 16 heavy (non-hydrogen) atoms. The van der Waals surface area contributed by atoms with E-state index in [2.05, 4.69) is 5.32 Å². The van der Waals surface area contributed by atoms with Gasteiger partial charge in [-0.2, -0.15) is 0 Å². The fraction of sp³-hybridized carbons (Fsp3) is 0.417. The third kappa shape index (κ3) is 2.27. The molecule has 4 nitrogen and oxygen atoms in total. The topological polar surface area (TPSA) is 47.6 Å². The summed E-state index contributed by atoms with van der Waals surface area (Å²) in [6.07, 6.45) is -0.261. The van der Waals surface area contributed by atoms with Crippen LogP contribution in [0.1, 0.15) is 25.5 Å². The van der Waals surface area contributed by atoms with Gasteiger partial charge in [0.1, 0.15) is 12.4 Å². The molecule has 1 fully saturated rings. The van der Waals surface area contributed by atoms with E-state index in [1.165, 1.54) is 0 Å². The van der Waals surface area contributed by atoms with E-state index in [9.17, 15) is 4.79 Å². The van der Waals surface area contributed by atoms with Crippen molar-refractivity contribution in [2.24, 2.45) is 0 Å². The molecule has 1 amide bonds. The highest BCUT2D eigenvalue weighted by atomic mass is 16.6. The number of benzene rings is 1. The smallest absolute Gasteiger partial charge is 0.407 e. The highest BCUT2D eigenvalue weighted by molar-refractivity contribution is 5.70. The second-order valence-corrected chi connectivity index (χ2v) is 4.00. The summed E-state index contributed by atoms with van der Waals surface area (Å²) in [5.74, 6) is 0.799. The lowest BCUT2D eigenvalue weighted by Crippen LogP contribution is -2.19. The van der Waals surface area contributed by atoms with Crippen LogP contribution in [0.4, 0.5) is 4.79 Å². The summed E-state index contributed by atoms with van der Waals surface area (Å²) in [4.78, 5) is 11.0. The highest BCUT2D eigenvalue weighted by Gasteiger charge is 2.26. The molecule has 1 aliphatic rings. The van der Waals surface area contributed by atoms with E-state index < -0.39 is 0 Å². The number of amides is 1. The van der Waals surface area contributed by atoms with Crippen molar-refractivity contribution in [1.82, 2.24) is 5.32 Å². The van der Waals surface area contributed by atoms with Crippen LogP contribution in [0.25, 0.3) is 0 Å². The van der Waals surface area contributed by atoms with E-state index in [0.717, 1.165) is 11.3 Å². The monoisotopic (exact) mass is 221 g/mol. The van der Waals surface area contributed by atoms with Crippen molar-refractivity contribution in [3.8, 4) is 5.75 Å². The number of carbonyl (C=O) groups excluding carboxylic acids is 1. The van der Waals surface area contributed by atoms with Gasteiger partial charge in [-0.3, -0.25) is 0 Å². The van der Waals surface area contributed by atoms with Crippen LogP contribution in [0, 0.1) is 0 Å². The maximum atomic E-state index is 11.0. The molecule has 0 aliphatic carbocycles. The molecule has 1 N–H and O–H groups in total. The van der Waals surface area contributed by atoms with Gasteiger partial charge in [0.2, 0.25) is 0 Å². The van der Waals surface area contributed by atoms with Gasteiger partial charge in [-0.25, -0.2) is 4.79 Å². The Morgan fingerprint density at radius 1 is 1.44 bits per heavy atom. The Morgan fingerprint density at radius 3 is 2.81 bits per heavy atom. The third-order valence-corrected chi connectivity index (χ3v) is 2.33. The van der Waals surface area contributed by atoms with Gasteiger partial charge in [0.05, 0.1) is 12.1 Å². The maximum absolute atomic E-state index is 11.0. The van der Waals surface area contributed by atoms with E-state index in [1.807, 2.05) is 38.1 Å². The van der Waals surface area contributed by atoms with Crippen LogP contribution >= 0.6 is 0 Å². The summed E-state index contributed by atoms with van der Waals surface area (Å²) in [5, 5.41) is 2.74. The van der Waals surface area contributed by atoms with E-state index in [-0.39, 0.29) is 18.2 Å². The van der Waals surface area contributed by atoms with Gasteiger partial charge in [0.25, 0.3) is 0 Å². The minimum atomic E-state index is -0.371. The lowest BCUT2D eigenvalue weighted by molar-refractivity contribution is 0.176. The van der Waals surface area contributed by atoms with Crippen LogP contribution in [0.2, 0.25) is 0 Å². The zero-order chi connectivity index (χ0) is 11.5. The molecular formula is C12H15NO3. The first-order chi connectivity index (χ1) is 7.66. The SMILES string of the molecule is CC(C)Oc1ccccc1[C@H]1COC(=O)N1. The van der Waals surface area contributed by atoms with Gasteiger partial charge < -0.3 is 14.8 Å². The average Bonchev–Trinajstić information content (AvgIpc) is 2.65. The first kappa shape index (κ1) is 10.8. The Kier molecular flexibility index (Phi) is 2.99. The van der Waals surface area contributed by atoms with Crippen LogP contribution in [0.5, 0.6) is 5.75 Å². The number of rotatable bonds is 3. The molecule has 0 radical (unpaired) electrons. The van der Waals surface area contributed by atoms with Crippen LogP contribution in [-0.4, -0.2) is 18.8 Å². The zero-order valence-corrected chi connectivity index (χ0v) is 9.40. The molecule has 0 spiro atoms. The molecule has 0 unspecified atom stereocenters. The van der Waals surface area contributed by atoms with Gasteiger partial charge in [0.15, 0.2) is 0 Å². The number of carbonyl (C=O) groups is 1. The lowest BCUT2D eigenvalue weighted by Gasteiger charge is -2.16. The minimum Gasteiger partial charge on any atom is -0.491 e. The van der Waals surface area contributed by atoms with Crippen molar-refractivity contribution in [1.29, 1.82) is 0 Å². The molecule has 1 aliphatic heterocycles. The third-order valence-electron chi connectivity index (χ3n) is 2.33.